The molecule has 0 spiro atoms. The molecule has 1 fully saturated rings. The highest BCUT2D eigenvalue weighted by Crippen LogP contribution is 2.36. The van der Waals surface area contributed by atoms with Gasteiger partial charge in [0.1, 0.15) is 11.4 Å². The third-order valence-electron chi connectivity index (χ3n) is 4.23. The SMILES string of the molecule is CC(C)(C)OC(=O)N1CCCC(Cc2ccc(F)cc2Br)(C(=O)O)C1. The summed E-state index contributed by atoms with van der Waals surface area (Å²) in [5, 5.41) is 9.86. The molecule has 7 heteroatoms. The minimum atomic E-state index is -1.12. The molecule has 1 aliphatic heterocycles. The fourth-order valence-electron chi connectivity index (χ4n) is 3.04. The monoisotopic (exact) mass is 415 g/mol. The van der Waals surface area contributed by atoms with Crippen LogP contribution in [-0.4, -0.2) is 40.8 Å². The topological polar surface area (TPSA) is 66.8 Å². The van der Waals surface area contributed by atoms with Gasteiger partial charge in [-0.15, -0.1) is 0 Å². The van der Waals surface area contributed by atoms with Gasteiger partial charge in [0.25, 0.3) is 0 Å². The van der Waals surface area contributed by atoms with E-state index in [0.717, 1.165) is 0 Å². The second-order valence-electron chi connectivity index (χ2n) is 7.50. The molecule has 0 radical (unpaired) electrons. The number of halogens is 2. The molecule has 1 heterocycles. The second kappa shape index (κ2) is 7.32. The van der Waals surface area contributed by atoms with E-state index in [1.807, 2.05) is 0 Å². The quantitative estimate of drug-likeness (QED) is 0.801. The van der Waals surface area contributed by atoms with Crippen molar-refractivity contribution in [1.29, 1.82) is 0 Å². The first-order valence-electron chi connectivity index (χ1n) is 8.18. The molecule has 25 heavy (non-hydrogen) atoms. The summed E-state index contributed by atoms with van der Waals surface area (Å²) in [6.07, 6.45) is 0.731. The summed E-state index contributed by atoms with van der Waals surface area (Å²) in [5.74, 6) is -1.35. The molecular weight excluding hydrogens is 393 g/mol. The van der Waals surface area contributed by atoms with Crippen LogP contribution in [0.1, 0.15) is 39.2 Å². The van der Waals surface area contributed by atoms with E-state index in [1.54, 1.807) is 26.8 Å². The lowest BCUT2D eigenvalue weighted by molar-refractivity contribution is -0.152. The van der Waals surface area contributed by atoms with Crippen LogP contribution in [0.2, 0.25) is 0 Å². The summed E-state index contributed by atoms with van der Waals surface area (Å²) in [6.45, 7) is 5.86. The van der Waals surface area contributed by atoms with Crippen molar-refractivity contribution in [3.05, 3.63) is 34.1 Å². The van der Waals surface area contributed by atoms with E-state index in [0.29, 0.717) is 29.4 Å². The zero-order valence-electron chi connectivity index (χ0n) is 14.6. The van der Waals surface area contributed by atoms with E-state index in [2.05, 4.69) is 15.9 Å². The lowest BCUT2D eigenvalue weighted by atomic mass is 9.75. The molecule has 0 aromatic heterocycles. The van der Waals surface area contributed by atoms with Gasteiger partial charge in [0.05, 0.1) is 5.41 Å². The van der Waals surface area contributed by atoms with Gasteiger partial charge in [-0.05, 0) is 57.7 Å². The number of carbonyl (C=O) groups is 2. The molecule has 1 atom stereocenters. The molecular formula is C18H23BrFNO4. The number of ether oxygens (including phenoxy) is 1. The smallest absolute Gasteiger partial charge is 0.410 e. The van der Waals surface area contributed by atoms with Crippen molar-refractivity contribution in [2.24, 2.45) is 5.41 Å². The Bertz CT molecular complexity index is 674. The Balaban J connectivity index is 2.23. The van der Waals surface area contributed by atoms with E-state index in [-0.39, 0.29) is 18.8 Å². The Morgan fingerprint density at radius 2 is 2.08 bits per heavy atom. The molecule has 1 saturated heterocycles. The third-order valence-corrected chi connectivity index (χ3v) is 4.96. The van der Waals surface area contributed by atoms with Crippen LogP contribution in [-0.2, 0) is 16.0 Å². The van der Waals surface area contributed by atoms with Crippen LogP contribution >= 0.6 is 15.9 Å². The van der Waals surface area contributed by atoms with E-state index < -0.39 is 23.1 Å². The Labute approximate surface area is 155 Å². The normalized spacial score (nSPS) is 21.1. The number of carbonyl (C=O) groups excluding carboxylic acids is 1. The van der Waals surface area contributed by atoms with E-state index in [4.69, 9.17) is 4.74 Å². The van der Waals surface area contributed by atoms with Gasteiger partial charge in [-0.1, -0.05) is 22.0 Å². The maximum absolute atomic E-state index is 13.3. The number of benzene rings is 1. The molecule has 0 bridgehead atoms. The third kappa shape index (κ3) is 4.93. The Hall–Kier alpha value is -1.63. The standard InChI is InChI=1S/C18H23BrFNO4/c1-17(2,3)25-16(24)21-8-4-7-18(11-21,15(22)23)10-12-5-6-13(20)9-14(12)19/h5-6,9H,4,7-8,10-11H2,1-3H3,(H,22,23). The molecule has 5 nitrogen and oxygen atoms in total. The molecule has 0 saturated carbocycles. The number of rotatable bonds is 3. The number of carboxylic acids is 1. The predicted octanol–water partition coefficient (Wildman–Crippen LogP) is 4.23. The lowest BCUT2D eigenvalue weighted by Crippen LogP contribution is -2.52. The molecule has 1 unspecified atom stereocenters. The van der Waals surface area contributed by atoms with Crippen molar-refractivity contribution in [3.63, 3.8) is 0 Å². The van der Waals surface area contributed by atoms with E-state index in [1.165, 1.54) is 17.0 Å². The van der Waals surface area contributed by atoms with Gasteiger partial charge >= 0.3 is 12.1 Å². The maximum Gasteiger partial charge on any atom is 0.410 e. The predicted molar refractivity (Wildman–Crippen MR) is 94.9 cm³/mol. The van der Waals surface area contributed by atoms with Gasteiger partial charge in [0.2, 0.25) is 0 Å². The van der Waals surface area contributed by atoms with Crippen LogP contribution in [0, 0.1) is 11.2 Å². The van der Waals surface area contributed by atoms with Crippen molar-refractivity contribution < 1.29 is 23.8 Å². The van der Waals surface area contributed by atoms with Gasteiger partial charge in [-0.3, -0.25) is 4.79 Å². The highest BCUT2D eigenvalue weighted by Gasteiger charge is 2.44. The summed E-state index contributed by atoms with van der Waals surface area (Å²) in [7, 11) is 0. The maximum atomic E-state index is 13.3. The van der Waals surface area contributed by atoms with Gasteiger partial charge in [-0.25, -0.2) is 9.18 Å². The van der Waals surface area contributed by atoms with Crippen molar-refractivity contribution in [2.45, 2.75) is 45.6 Å². The Morgan fingerprint density at radius 3 is 2.64 bits per heavy atom. The molecule has 1 aromatic rings. The highest BCUT2D eigenvalue weighted by atomic mass is 79.9. The summed E-state index contributed by atoms with van der Waals surface area (Å²) in [4.78, 5) is 25.8. The van der Waals surface area contributed by atoms with Crippen LogP contribution in [0.3, 0.4) is 0 Å². The van der Waals surface area contributed by atoms with Gasteiger partial charge < -0.3 is 14.7 Å². The van der Waals surface area contributed by atoms with Gasteiger partial charge in [-0.2, -0.15) is 0 Å². The van der Waals surface area contributed by atoms with Gasteiger partial charge in [0, 0.05) is 17.6 Å². The van der Waals surface area contributed by atoms with Crippen LogP contribution in [0.15, 0.2) is 22.7 Å². The minimum absolute atomic E-state index is 0.0705. The van der Waals surface area contributed by atoms with Crippen molar-refractivity contribution >= 4 is 28.0 Å². The average Bonchev–Trinajstić information content (AvgIpc) is 2.48. The second-order valence-corrected chi connectivity index (χ2v) is 8.36. The number of amides is 1. The number of hydrogen-bond acceptors (Lipinski definition) is 3. The van der Waals surface area contributed by atoms with E-state index in [9.17, 15) is 19.1 Å². The molecule has 0 aliphatic carbocycles. The molecule has 1 N–H and O–H groups in total. The summed E-state index contributed by atoms with van der Waals surface area (Å²) in [6, 6.07) is 4.21. The van der Waals surface area contributed by atoms with Crippen LogP contribution in [0.4, 0.5) is 9.18 Å². The average molecular weight is 416 g/mol. The van der Waals surface area contributed by atoms with Crippen LogP contribution in [0.5, 0.6) is 0 Å². The van der Waals surface area contributed by atoms with Crippen molar-refractivity contribution in [1.82, 2.24) is 4.90 Å². The lowest BCUT2D eigenvalue weighted by Gasteiger charge is -2.40. The first kappa shape index (κ1) is 19.7. The molecule has 1 aromatic carbocycles. The molecule has 138 valence electrons. The number of likely N-dealkylation sites (tertiary alicyclic amines) is 1. The van der Waals surface area contributed by atoms with Crippen LogP contribution in [0.25, 0.3) is 0 Å². The zero-order valence-corrected chi connectivity index (χ0v) is 16.2. The zero-order chi connectivity index (χ0) is 18.8. The molecule has 1 aliphatic rings. The largest absolute Gasteiger partial charge is 0.481 e. The first-order valence-corrected chi connectivity index (χ1v) is 8.97. The minimum Gasteiger partial charge on any atom is -0.481 e. The van der Waals surface area contributed by atoms with Crippen molar-refractivity contribution in [3.8, 4) is 0 Å². The molecule has 1 amide bonds. The number of aliphatic carboxylic acids is 1. The summed E-state index contributed by atoms with van der Waals surface area (Å²) < 4.78 is 19.2. The fourth-order valence-corrected chi connectivity index (χ4v) is 3.53. The van der Waals surface area contributed by atoms with Crippen LogP contribution < -0.4 is 0 Å². The number of piperidine rings is 1. The number of hydrogen-bond donors (Lipinski definition) is 1. The Morgan fingerprint density at radius 1 is 1.40 bits per heavy atom. The first-order chi connectivity index (χ1) is 11.5. The summed E-state index contributed by atoms with van der Waals surface area (Å²) in [5.41, 5.74) is -1.05. The molecule has 2 rings (SSSR count). The van der Waals surface area contributed by atoms with Gasteiger partial charge in [0.15, 0.2) is 0 Å². The van der Waals surface area contributed by atoms with Crippen molar-refractivity contribution in [2.75, 3.05) is 13.1 Å². The fraction of sp³-hybridized carbons (Fsp3) is 0.556. The summed E-state index contributed by atoms with van der Waals surface area (Å²) >= 11 is 3.29. The highest BCUT2D eigenvalue weighted by molar-refractivity contribution is 9.10. The Kier molecular flexibility index (Phi) is 5.76. The number of carboxylic acid groups (broad SMARTS) is 1. The van der Waals surface area contributed by atoms with E-state index >= 15 is 0 Å². The number of nitrogens with zero attached hydrogens (tertiary/aromatic N) is 1.